The van der Waals surface area contributed by atoms with Crippen LogP contribution in [-0.2, 0) is 0 Å². The van der Waals surface area contributed by atoms with Crippen molar-refractivity contribution in [3.8, 4) is 0 Å². The van der Waals surface area contributed by atoms with Crippen LogP contribution in [-0.4, -0.2) is 56.6 Å². The van der Waals surface area contributed by atoms with E-state index in [1.165, 1.54) is 18.9 Å². The van der Waals surface area contributed by atoms with E-state index in [1.54, 1.807) is 10.6 Å². The number of aromatic nitrogens is 4. The van der Waals surface area contributed by atoms with Crippen LogP contribution < -0.4 is 4.90 Å². The number of hydrogen-bond acceptors (Lipinski definition) is 6. The molecule has 0 radical (unpaired) electrons. The number of fused-ring (bicyclic) bond motifs is 1. The SMILES string of the molecule is Cc1cc(N2CCN(C(=O)c3ccoc3)CC2)n2ncnc2n1. The van der Waals surface area contributed by atoms with Crippen LogP contribution in [0.15, 0.2) is 35.4 Å². The van der Waals surface area contributed by atoms with Gasteiger partial charge in [0.25, 0.3) is 11.7 Å². The molecule has 0 atom stereocenters. The molecular weight excluding hydrogens is 296 g/mol. The summed E-state index contributed by atoms with van der Waals surface area (Å²) in [5, 5.41) is 4.24. The molecule has 0 spiro atoms. The average Bonchev–Trinajstić information content (AvgIpc) is 3.25. The van der Waals surface area contributed by atoms with Gasteiger partial charge in [0.05, 0.1) is 11.8 Å². The first kappa shape index (κ1) is 13.7. The first-order chi connectivity index (χ1) is 11.2. The Morgan fingerprint density at radius 2 is 2.09 bits per heavy atom. The Hall–Kier alpha value is -2.90. The van der Waals surface area contributed by atoms with Gasteiger partial charge < -0.3 is 14.2 Å². The van der Waals surface area contributed by atoms with Crippen molar-refractivity contribution in [1.29, 1.82) is 0 Å². The maximum absolute atomic E-state index is 12.3. The monoisotopic (exact) mass is 312 g/mol. The number of furan rings is 1. The summed E-state index contributed by atoms with van der Waals surface area (Å²) in [6.07, 6.45) is 4.51. The van der Waals surface area contributed by atoms with Crippen LogP contribution in [0.2, 0.25) is 0 Å². The van der Waals surface area contributed by atoms with E-state index in [9.17, 15) is 4.79 Å². The van der Waals surface area contributed by atoms with Gasteiger partial charge in [0.1, 0.15) is 18.4 Å². The summed E-state index contributed by atoms with van der Waals surface area (Å²) >= 11 is 0. The van der Waals surface area contributed by atoms with Crippen molar-refractivity contribution in [2.75, 3.05) is 31.1 Å². The normalized spacial score (nSPS) is 15.3. The Morgan fingerprint density at radius 1 is 1.26 bits per heavy atom. The van der Waals surface area contributed by atoms with Gasteiger partial charge in [-0.2, -0.15) is 14.6 Å². The second kappa shape index (κ2) is 5.38. The predicted molar refractivity (Wildman–Crippen MR) is 82.3 cm³/mol. The highest BCUT2D eigenvalue weighted by molar-refractivity contribution is 5.94. The largest absolute Gasteiger partial charge is 0.472 e. The number of aryl methyl sites for hydroxylation is 1. The maximum atomic E-state index is 12.3. The van der Waals surface area contributed by atoms with E-state index in [4.69, 9.17) is 4.42 Å². The molecule has 0 saturated carbocycles. The third kappa shape index (κ3) is 2.41. The Bertz CT molecular complexity index is 833. The molecule has 8 nitrogen and oxygen atoms in total. The molecule has 118 valence electrons. The molecule has 1 fully saturated rings. The molecule has 0 unspecified atom stereocenters. The molecule has 0 aromatic carbocycles. The molecule has 1 aliphatic heterocycles. The molecule has 1 saturated heterocycles. The Morgan fingerprint density at radius 3 is 2.83 bits per heavy atom. The van der Waals surface area contributed by atoms with Crippen molar-refractivity contribution in [3.63, 3.8) is 0 Å². The van der Waals surface area contributed by atoms with E-state index in [0.717, 1.165) is 24.6 Å². The summed E-state index contributed by atoms with van der Waals surface area (Å²) in [5.41, 5.74) is 1.49. The third-order valence-electron chi connectivity index (χ3n) is 4.02. The van der Waals surface area contributed by atoms with Gasteiger partial charge in [0.15, 0.2) is 0 Å². The predicted octanol–water partition coefficient (Wildman–Crippen LogP) is 0.988. The van der Waals surface area contributed by atoms with Crippen molar-refractivity contribution in [2.24, 2.45) is 0 Å². The highest BCUT2D eigenvalue weighted by atomic mass is 16.3. The van der Waals surface area contributed by atoms with Gasteiger partial charge >= 0.3 is 0 Å². The van der Waals surface area contributed by atoms with Crippen LogP contribution in [0.4, 0.5) is 5.82 Å². The fraction of sp³-hybridized carbons (Fsp3) is 0.333. The maximum Gasteiger partial charge on any atom is 0.257 e. The van der Waals surface area contributed by atoms with Crippen LogP contribution in [0.5, 0.6) is 0 Å². The molecule has 4 rings (SSSR count). The third-order valence-corrected chi connectivity index (χ3v) is 4.02. The molecule has 1 aliphatic rings. The smallest absolute Gasteiger partial charge is 0.257 e. The lowest BCUT2D eigenvalue weighted by molar-refractivity contribution is 0.0745. The van der Waals surface area contributed by atoms with E-state index >= 15 is 0 Å². The van der Waals surface area contributed by atoms with Crippen LogP contribution in [0, 0.1) is 6.92 Å². The standard InChI is InChI=1S/C15H16N6O2/c1-11-8-13(21-15(18-11)16-10-17-21)19-3-5-20(6-4-19)14(22)12-2-7-23-9-12/h2,7-10H,3-6H2,1H3. The van der Waals surface area contributed by atoms with Crippen LogP contribution >= 0.6 is 0 Å². The minimum Gasteiger partial charge on any atom is -0.472 e. The summed E-state index contributed by atoms with van der Waals surface area (Å²) in [6, 6.07) is 3.69. The molecule has 8 heteroatoms. The van der Waals surface area contributed by atoms with Gasteiger partial charge in [-0.15, -0.1) is 0 Å². The summed E-state index contributed by atoms with van der Waals surface area (Å²) in [7, 11) is 0. The number of rotatable bonds is 2. The molecule has 4 heterocycles. The number of amides is 1. The van der Waals surface area contributed by atoms with Crippen molar-refractivity contribution in [1.82, 2.24) is 24.5 Å². The van der Waals surface area contributed by atoms with Gasteiger partial charge in [-0.3, -0.25) is 4.79 Å². The topological polar surface area (TPSA) is 79.8 Å². The number of piperazine rings is 1. The fourth-order valence-corrected chi connectivity index (χ4v) is 2.84. The van der Waals surface area contributed by atoms with E-state index in [2.05, 4.69) is 20.0 Å². The van der Waals surface area contributed by atoms with Gasteiger partial charge in [-0.1, -0.05) is 0 Å². The van der Waals surface area contributed by atoms with E-state index < -0.39 is 0 Å². The second-order valence-corrected chi connectivity index (χ2v) is 5.52. The Labute approximate surface area is 132 Å². The molecule has 0 aliphatic carbocycles. The van der Waals surface area contributed by atoms with E-state index in [-0.39, 0.29) is 5.91 Å². The number of carbonyl (C=O) groups is 1. The quantitative estimate of drug-likeness (QED) is 0.702. The molecule has 3 aromatic heterocycles. The molecule has 1 amide bonds. The molecule has 0 bridgehead atoms. The van der Waals surface area contributed by atoms with E-state index in [1.807, 2.05) is 17.9 Å². The Kier molecular flexibility index (Phi) is 3.22. The minimum atomic E-state index is 0.00946. The van der Waals surface area contributed by atoms with Gasteiger partial charge in [0, 0.05) is 37.9 Å². The van der Waals surface area contributed by atoms with Crippen molar-refractivity contribution in [3.05, 3.63) is 42.2 Å². The van der Waals surface area contributed by atoms with Gasteiger partial charge in [-0.25, -0.2) is 4.98 Å². The van der Waals surface area contributed by atoms with E-state index in [0.29, 0.717) is 24.4 Å². The number of carbonyl (C=O) groups excluding carboxylic acids is 1. The van der Waals surface area contributed by atoms with Crippen molar-refractivity contribution >= 4 is 17.5 Å². The first-order valence-electron chi connectivity index (χ1n) is 7.46. The lowest BCUT2D eigenvalue weighted by Crippen LogP contribution is -2.49. The summed E-state index contributed by atoms with van der Waals surface area (Å²) < 4.78 is 6.72. The lowest BCUT2D eigenvalue weighted by atomic mass is 10.2. The highest BCUT2D eigenvalue weighted by Crippen LogP contribution is 2.18. The molecular formula is C15H16N6O2. The summed E-state index contributed by atoms with van der Waals surface area (Å²) in [5.74, 6) is 1.56. The average molecular weight is 312 g/mol. The van der Waals surface area contributed by atoms with Crippen LogP contribution in [0.25, 0.3) is 5.78 Å². The zero-order chi connectivity index (χ0) is 15.8. The minimum absolute atomic E-state index is 0.00946. The lowest BCUT2D eigenvalue weighted by Gasteiger charge is -2.35. The zero-order valence-electron chi connectivity index (χ0n) is 12.7. The summed E-state index contributed by atoms with van der Waals surface area (Å²) in [6.45, 7) is 4.73. The van der Waals surface area contributed by atoms with Crippen LogP contribution in [0.3, 0.4) is 0 Å². The van der Waals surface area contributed by atoms with Gasteiger partial charge in [0.2, 0.25) is 0 Å². The molecule has 23 heavy (non-hydrogen) atoms. The van der Waals surface area contributed by atoms with Crippen LogP contribution in [0.1, 0.15) is 16.1 Å². The summed E-state index contributed by atoms with van der Waals surface area (Å²) in [4.78, 5) is 24.9. The zero-order valence-corrected chi connectivity index (χ0v) is 12.7. The van der Waals surface area contributed by atoms with Crippen molar-refractivity contribution in [2.45, 2.75) is 6.92 Å². The second-order valence-electron chi connectivity index (χ2n) is 5.52. The highest BCUT2D eigenvalue weighted by Gasteiger charge is 2.24. The van der Waals surface area contributed by atoms with Gasteiger partial charge in [-0.05, 0) is 13.0 Å². The number of nitrogens with zero attached hydrogens (tertiary/aromatic N) is 6. The Balaban J connectivity index is 1.53. The number of anilines is 1. The number of hydrogen-bond donors (Lipinski definition) is 0. The van der Waals surface area contributed by atoms with Crippen molar-refractivity contribution < 1.29 is 9.21 Å². The molecule has 0 N–H and O–H groups in total. The molecule has 3 aromatic rings. The first-order valence-corrected chi connectivity index (χ1v) is 7.46. The fourth-order valence-electron chi connectivity index (χ4n) is 2.84.